The lowest BCUT2D eigenvalue weighted by molar-refractivity contribution is 0.560. The van der Waals surface area contributed by atoms with Crippen molar-refractivity contribution in [2.75, 3.05) is 0 Å². The van der Waals surface area contributed by atoms with Gasteiger partial charge in [-0.05, 0) is 30.7 Å². The Morgan fingerprint density at radius 2 is 1.81 bits per heavy atom. The van der Waals surface area contributed by atoms with Crippen LogP contribution in [0.1, 0.15) is 22.7 Å². The zero-order valence-electron chi connectivity index (χ0n) is 11.5. The highest BCUT2D eigenvalue weighted by molar-refractivity contribution is 5.74. The molecule has 106 valence electrons. The van der Waals surface area contributed by atoms with Crippen molar-refractivity contribution in [3.63, 3.8) is 0 Å². The summed E-state index contributed by atoms with van der Waals surface area (Å²) >= 11 is 0. The Labute approximate surface area is 121 Å². The summed E-state index contributed by atoms with van der Waals surface area (Å²) in [5, 5.41) is 0. The molecular formula is C16H15FN4. The van der Waals surface area contributed by atoms with Crippen LogP contribution in [0.2, 0.25) is 0 Å². The molecule has 0 saturated heterocycles. The van der Waals surface area contributed by atoms with Crippen LogP contribution in [0, 0.1) is 12.7 Å². The Morgan fingerprint density at radius 1 is 1.05 bits per heavy atom. The van der Waals surface area contributed by atoms with Crippen molar-refractivity contribution in [3.8, 4) is 0 Å². The maximum Gasteiger partial charge on any atom is 0.128 e. The third-order valence-corrected chi connectivity index (χ3v) is 3.46. The van der Waals surface area contributed by atoms with E-state index in [1.807, 2.05) is 25.1 Å². The van der Waals surface area contributed by atoms with Gasteiger partial charge in [-0.25, -0.2) is 9.82 Å². The normalized spacial score (nSPS) is 12.5. The van der Waals surface area contributed by atoms with Gasteiger partial charge in [0.1, 0.15) is 5.82 Å². The number of benzene rings is 2. The Hall–Kier alpha value is -2.37. The molecular weight excluding hydrogens is 267 g/mol. The second kappa shape index (κ2) is 5.55. The smallest absolute Gasteiger partial charge is 0.128 e. The van der Waals surface area contributed by atoms with E-state index in [1.165, 1.54) is 6.07 Å². The minimum Gasteiger partial charge on any atom is -0.271 e. The second-order valence-corrected chi connectivity index (χ2v) is 4.93. The first-order valence-corrected chi connectivity index (χ1v) is 6.62. The largest absolute Gasteiger partial charge is 0.271 e. The van der Waals surface area contributed by atoms with Crippen LogP contribution < -0.4 is 11.3 Å². The summed E-state index contributed by atoms with van der Waals surface area (Å²) < 4.78 is 14.1. The Kier molecular flexibility index (Phi) is 3.60. The number of hydrazine groups is 1. The summed E-state index contributed by atoms with van der Waals surface area (Å²) in [6.07, 6.45) is 3.27. The molecule has 0 aliphatic rings. The molecule has 0 bridgehead atoms. The average molecular weight is 282 g/mol. The SMILES string of the molecule is Cc1ccc(F)c(C(NN)c2ccc3nccnc3c2)c1. The Bertz CT molecular complexity index is 788. The fourth-order valence-electron chi connectivity index (χ4n) is 2.41. The molecule has 3 N–H and O–H groups in total. The number of hydrogen-bond acceptors (Lipinski definition) is 4. The van der Waals surface area contributed by atoms with Gasteiger partial charge in [-0.15, -0.1) is 0 Å². The summed E-state index contributed by atoms with van der Waals surface area (Å²) in [5.74, 6) is 5.36. The average Bonchev–Trinajstić information content (AvgIpc) is 2.51. The van der Waals surface area contributed by atoms with Gasteiger partial charge in [-0.2, -0.15) is 0 Å². The maximum absolute atomic E-state index is 14.1. The molecule has 1 unspecified atom stereocenters. The molecule has 1 aromatic heterocycles. The van der Waals surface area contributed by atoms with E-state index in [9.17, 15) is 4.39 Å². The third-order valence-electron chi connectivity index (χ3n) is 3.46. The molecule has 0 amide bonds. The van der Waals surface area contributed by atoms with Gasteiger partial charge < -0.3 is 0 Å². The van der Waals surface area contributed by atoms with Gasteiger partial charge in [0, 0.05) is 18.0 Å². The molecule has 3 rings (SSSR count). The van der Waals surface area contributed by atoms with E-state index in [0.29, 0.717) is 5.56 Å². The quantitative estimate of drug-likeness (QED) is 0.572. The van der Waals surface area contributed by atoms with E-state index >= 15 is 0 Å². The monoisotopic (exact) mass is 282 g/mol. The van der Waals surface area contributed by atoms with Crippen molar-refractivity contribution in [2.45, 2.75) is 13.0 Å². The number of aromatic nitrogens is 2. The zero-order valence-corrected chi connectivity index (χ0v) is 11.5. The Morgan fingerprint density at radius 3 is 2.57 bits per heavy atom. The van der Waals surface area contributed by atoms with Gasteiger partial charge in [0.05, 0.1) is 17.1 Å². The van der Waals surface area contributed by atoms with Crippen LogP contribution in [0.25, 0.3) is 11.0 Å². The molecule has 0 aliphatic carbocycles. The highest BCUT2D eigenvalue weighted by atomic mass is 19.1. The standard InChI is InChI=1S/C16H15FN4/c1-10-2-4-13(17)12(8-10)16(21-18)11-3-5-14-15(9-11)20-7-6-19-14/h2-9,16,21H,18H2,1H3. The molecule has 0 saturated carbocycles. The summed E-state index contributed by atoms with van der Waals surface area (Å²) in [5.41, 5.74) is 6.56. The van der Waals surface area contributed by atoms with E-state index in [0.717, 1.165) is 22.2 Å². The summed E-state index contributed by atoms with van der Waals surface area (Å²) in [6.45, 7) is 1.92. The molecule has 21 heavy (non-hydrogen) atoms. The van der Waals surface area contributed by atoms with Gasteiger partial charge >= 0.3 is 0 Å². The van der Waals surface area contributed by atoms with Gasteiger partial charge in [0.2, 0.25) is 0 Å². The van der Waals surface area contributed by atoms with Crippen molar-refractivity contribution < 1.29 is 4.39 Å². The van der Waals surface area contributed by atoms with E-state index < -0.39 is 6.04 Å². The predicted octanol–water partition coefficient (Wildman–Crippen LogP) is 2.63. The van der Waals surface area contributed by atoms with Crippen LogP contribution in [0.3, 0.4) is 0 Å². The number of fused-ring (bicyclic) bond motifs is 1. The minimum absolute atomic E-state index is 0.289. The molecule has 0 aliphatic heterocycles. The van der Waals surface area contributed by atoms with Crippen molar-refractivity contribution in [1.29, 1.82) is 0 Å². The molecule has 2 aromatic carbocycles. The minimum atomic E-state index is -0.434. The first-order valence-electron chi connectivity index (χ1n) is 6.62. The number of nitrogens with zero attached hydrogens (tertiary/aromatic N) is 2. The number of nitrogens with one attached hydrogen (secondary N) is 1. The summed E-state index contributed by atoms with van der Waals surface area (Å²) in [7, 11) is 0. The third kappa shape index (κ3) is 2.61. The highest BCUT2D eigenvalue weighted by Gasteiger charge is 2.17. The fraction of sp³-hybridized carbons (Fsp3) is 0.125. The van der Waals surface area contributed by atoms with Gasteiger partial charge in [0.15, 0.2) is 0 Å². The molecule has 4 nitrogen and oxygen atoms in total. The van der Waals surface area contributed by atoms with Crippen LogP contribution in [0.15, 0.2) is 48.8 Å². The van der Waals surface area contributed by atoms with Crippen molar-refractivity contribution in [3.05, 3.63) is 71.3 Å². The van der Waals surface area contributed by atoms with Crippen LogP contribution in [-0.4, -0.2) is 9.97 Å². The fourth-order valence-corrected chi connectivity index (χ4v) is 2.41. The highest BCUT2D eigenvalue weighted by Crippen LogP contribution is 2.26. The lowest BCUT2D eigenvalue weighted by atomic mass is 9.97. The first-order chi connectivity index (χ1) is 10.2. The first kappa shape index (κ1) is 13.6. The zero-order chi connectivity index (χ0) is 14.8. The molecule has 0 fully saturated rings. The van der Waals surface area contributed by atoms with E-state index in [1.54, 1.807) is 24.5 Å². The van der Waals surface area contributed by atoms with E-state index in [4.69, 9.17) is 5.84 Å². The number of aryl methyl sites for hydroxylation is 1. The number of halogens is 1. The molecule has 5 heteroatoms. The summed E-state index contributed by atoms with van der Waals surface area (Å²) in [4.78, 5) is 8.49. The van der Waals surface area contributed by atoms with Crippen molar-refractivity contribution >= 4 is 11.0 Å². The lowest BCUT2D eigenvalue weighted by Crippen LogP contribution is -2.29. The molecule has 1 heterocycles. The second-order valence-electron chi connectivity index (χ2n) is 4.93. The molecule has 0 spiro atoms. The van der Waals surface area contributed by atoms with Crippen molar-refractivity contribution in [1.82, 2.24) is 15.4 Å². The lowest BCUT2D eigenvalue weighted by Gasteiger charge is -2.18. The molecule has 3 aromatic rings. The molecule has 1 atom stereocenters. The number of rotatable bonds is 3. The number of hydrogen-bond donors (Lipinski definition) is 2. The van der Waals surface area contributed by atoms with Crippen molar-refractivity contribution in [2.24, 2.45) is 5.84 Å². The van der Waals surface area contributed by atoms with E-state index in [2.05, 4.69) is 15.4 Å². The summed E-state index contributed by atoms with van der Waals surface area (Å²) in [6, 6.07) is 10.2. The van der Waals surface area contributed by atoms with Crippen LogP contribution in [0.4, 0.5) is 4.39 Å². The van der Waals surface area contributed by atoms with Crippen LogP contribution in [0.5, 0.6) is 0 Å². The predicted molar refractivity (Wildman–Crippen MR) is 79.8 cm³/mol. The van der Waals surface area contributed by atoms with Gasteiger partial charge in [-0.1, -0.05) is 23.8 Å². The topological polar surface area (TPSA) is 63.8 Å². The van der Waals surface area contributed by atoms with Gasteiger partial charge in [0.25, 0.3) is 0 Å². The maximum atomic E-state index is 14.1. The molecule has 0 radical (unpaired) electrons. The van der Waals surface area contributed by atoms with Gasteiger partial charge in [-0.3, -0.25) is 15.8 Å². The van der Waals surface area contributed by atoms with Crippen LogP contribution >= 0.6 is 0 Å². The van der Waals surface area contributed by atoms with E-state index in [-0.39, 0.29) is 5.82 Å². The Balaban J connectivity index is 2.11. The van der Waals surface area contributed by atoms with Crippen LogP contribution in [-0.2, 0) is 0 Å². The number of nitrogens with two attached hydrogens (primary N) is 1.